The molecule has 15 heavy (non-hydrogen) atoms. The third kappa shape index (κ3) is 3.61. The average molecular weight is 238 g/mol. The zero-order chi connectivity index (χ0) is 11.3. The molecule has 1 aromatic carbocycles. The van der Waals surface area contributed by atoms with Crippen LogP contribution in [0.15, 0.2) is 35.4 Å². The van der Waals surface area contributed by atoms with E-state index in [1.807, 2.05) is 30.3 Å². The fourth-order valence-electron chi connectivity index (χ4n) is 0.865. The molecule has 0 radical (unpaired) electrons. The van der Waals surface area contributed by atoms with Crippen LogP contribution in [0, 0.1) is 0 Å². The maximum Gasteiger partial charge on any atom is 0.151 e. The molecular formula is C9H10N4S2. The number of hydrogen-bond acceptors (Lipinski definition) is 4. The van der Waals surface area contributed by atoms with Crippen molar-refractivity contribution in [2.45, 2.75) is 0 Å². The third-order valence-electron chi connectivity index (χ3n) is 1.54. The van der Waals surface area contributed by atoms with E-state index in [4.69, 9.17) is 35.9 Å². The normalized spacial score (nSPS) is 9.07. The van der Waals surface area contributed by atoms with Crippen molar-refractivity contribution in [3.63, 3.8) is 0 Å². The van der Waals surface area contributed by atoms with Crippen LogP contribution in [0.2, 0.25) is 0 Å². The van der Waals surface area contributed by atoms with E-state index < -0.39 is 0 Å². The van der Waals surface area contributed by atoms with Crippen LogP contribution in [0.4, 0.5) is 5.69 Å². The minimum atomic E-state index is 0.0749. The Labute approximate surface area is 98.3 Å². The number of thiocarbonyl (C=S) groups is 2. The van der Waals surface area contributed by atoms with E-state index in [2.05, 4.69) is 10.5 Å². The zero-order valence-electron chi connectivity index (χ0n) is 7.81. The van der Waals surface area contributed by atoms with Gasteiger partial charge < -0.3 is 11.5 Å². The van der Waals surface area contributed by atoms with Crippen LogP contribution in [-0.2, 0) is 0 Å². The molecule has 0 aliphatic carbocycles. The van der Waals surface area contributed by atoms with Gasteiger partial charge in [0.2, 0.25) is 0 Å². The van der Waals surface area contributed by atoms with E-state index in [-0.39, 0.29) is 15.7 Å². The molecule has 0 saturated carbocycles. The average Bonchev–Trinajstić information content (AvgIpc) is 2.18. The van der Waals surface area contributed by atoms with Gasteiger partial charge in [0.15, 0.2) is 5.71 Å². The Morgan fingerprint density at radius 3 is 2.07 bits per heavy atom. The molecule has 1 rings (SSSR count). The van der Waals surface area contributed by atoms with Crippen LogP contribution in [-0.4, -0.2) is 15.7 Å². The standard InChI is InChI=1S/C9H10N4S2/c10-8(14)7(9(11)15)13-12-6-4-2-1-3-5-6/h1-5,12H,(H2,10,14)(H2,11,15). The van der Waals surface area contributed by atoms with Crippen LogP contribution in [0.25, 0.3) is 0 Å². The summed E-state index contributed by atoms with van der Waals surface area (Å²) in [5.74, 6) is 0. The summed E-state index contributed by atoms with van der Waals surface area (Å²) in [5.41, 5.74) is 14.6. The minimum absolute atomic E-state index is 0.0749. The van der Waals surface area contributed by atoms with Crippen molar-refractivity contribution >= 4 is 45.8 Å². The number of anilines is 1. The van der Waals surface area contributed by atoms with Crippen molar-refractivity contribution in [3.05, 3.63) is 30.3 Å². The maximum absolute atomic E-state index is 5.39. The lowest BCUT2D eigenvalue weighted by Crippen LogP contribution is -2.33. The van der Waals surface area contributed by atoms with Crippen LogP contribution >= 0.6 is 24.4 Å². The highest BCUT2D eigenvalue weighted by atomic mass is 32.1. The number of nitrogens with two attached hydrogens (primary N) is 2. The van der Waals surface area contributed by atoms with Crippen molar-refractivity contribution in [2.24, 2.45) is 16.6 Å². The van der Waals surface area contributed by atoms with Gasteiger partial charge in [-0.05, 0) is 12.1 Å². The number of para-hydroxylation sites is 1. The van der Waals surface area contributed by atoms with Crippen LogP contribution in [0.1, 0.15) is 0 Å². The third-order valence-corrected chi connectivity index (χ3v) is 1.92. The predicted octanol–water partition coefficient (Wildman–Crippen LogP) is 1.03. The Morgan fingerprint density at radius 1 is 1.07 bits per heavy atom. The highest BCUT2D eigenvalue weighted by molar-refractivity contribution is 7.85. The first-order valence-corrected chi connectivity index (χ1v) is 4.91. The molecule has 6 heteroatoms. The summed E-state index contributed by atoms with van der Waals surface area (Å²) >= 11 is 9.50. The monoisotopic (exact) mass is 238 g/mol. The number of nitrogens with zero attached hydrogens (tertiary/aromatic N) is 1. The smallest absolute Gasteiger partial charge is 0.151 e. The Hall–Kier alpha value is -1.53. The van der Waals surface area contributed by atoms with Gasteiger partial charge in [0.1, 0.15) is 9.98 Å². The highest BCUT2D eigenvalue weighted by Crippen LogP contribution is 2.04. The second-order valence-corrected chi connectivity index (χ2v) is 3.55. The van der Waals surface area contributed by atoms with Gasteiger partial charge in [-0.1, -0.05) is 42.6 Å². The Balaban J connectivity index is 2.79. The molecular weight excluding hydrogens is 228 g/mol. The zero-order valence-corrected chi connectivity index (χ0v) is 9.44. The summed E-state index contributed by atoms with van der Waals surface area (Å²) < 4.78 is 0. The molecule has 0 heterocycles. The van der Waals surface area contributed by atoms with Crippen molar-refractivity contribution < 1.29 is 0 Å². The van der Waals surface area contributed by atoms with Gasteiger partial charge in [-0.15, -0.1) is 0 Å². The summed E-state index contributed by atoms with van der Waals surface area (Å²) in [6.07, 6.45) is 0. The van der Waals surface area contributed by atoms with Crippen LogP contribution < -0.4 is 16.9 Å². The maximum atomic E-state index is 5.39. The molecule has 0 bridgehead atoms. The van der Waals surface area contributed by atoms with Gasteiger partial charge in [-0.25, -0.2) is 0 Å². The molecule has 4 nitrogen and oxygen atoms in total. The molecule has 0 aromatic heterocycles. The Kier molecular flexibility index (Phi) is 4.14. The van der Waals surface area contributed by atoms with Gasteiger partial charge in [-0.2, -0.15) is 5.10 Å². The molecule has 5 N–H and O–H groups in total. The number of hydrazone groups is 1. The highest BCUT2D eigenvalue weighted by Gasteiger charge is 2.05. The summed E-state index contributed by atoms with van der Waals surface area (Å²) in [5, 5.41) is 3.93. The first kappa shape index (κ1) is 11.5. The molecule has 0 atom stereocenters. The summed E-state index contributed by atoms with van der Waals surface area (Å²) in [7, 11) is 0. The van der Waals surface area contributed by atoms with E-state index in [1.165, 1.54) is 0 Å². The van der Waals surface area contributed by atoms with Crippen molar-refractivity contribution in [1.29, 1.82) is 0 Å². The van der Waals surface area contributed by atoms with Gasteiger partial charge in [0.05, 0.1) is 5.69 Å². The molecule has 0 unspecified atom stereocenters. The van der Waals surface area contributed by atoms with E-state index >= 15 is 0 Å². The topological polar surface area (TPSA) is 76.4 Å². The number of nitrogens with one attached hydrogen (secondary N) is 1. The van der Waals surface area contributed by atoms with Crippen molar-refractivity contribution in [2.75, 3.05) is 5.43 Å². The van der Waals surface area contributed by atoms with E-state index in [0.717, 1.165) is 5.69 Å². The first-order chi connectivity index (χ1) is 7.11. The lowest BCUT2D eigenvalue weighted by atomic mass is 10.3. The lowest BCUT2D eigenvalue weighted by Gasteiger charge is -2.03. The Bertz CT molecular complexity index is 384. The van der Waals surface area contributed by atoms with Gasteiger partial charge >= 0.3 is 0 Å². The molecule has 78 valence electrons. The van der Waals surface area contributed by atoms with Gasteiger partial charge in [0.25, 0.3) is 0 Å². The summed E-state index contributed by atoms with van der Waals surface area (Å²) in [6.45, 7) is 0. The minimum Gasteiger partial charge on any atom is -0.388 e. The molecule has 1 aromatic rings. The molecule has 0 aliphatic heterocycles. The van der Waals surface area contributed by atoms with Crippen LogP contribution in [0.3, 0.4) is 0 Å². The summed E-state index contributed by atoms with van der Waals surface area (Å²) in [6, 6.07) is 9.34. The first-order valence-electron chi connectivity index (χ1n) is 4.09. The van der Waals surface area contributed by atoms with Gasteiger partial charge in [-0.3, -0.25) is 5.43 Å². The number of hydrogen-bond donors (Lipinski definition) is 3. The quantitative estimate of drug-likeness (QED) is 0.415. The van der Waals surface area contributed by atoms with E-state index in [1.54, 1.807) is 0 Å². The second-order valence-electron chi connectivity index (χ2n) is 2.67. The fourth-order valence-corrected chi connectivity index (χ4v) is 1.24. The fraction of sp³-hybridized carbons (Fsp3) is 0. The van der Waals surface area contributed by atoms with E-state index in [0.29, 0.717) is 0 Å². The summed E-state index contributed by atoms with van der Waals surface area (Å²) in [4.78, 5) is 0.150. The van der Waals surface area contributed by atoms with E-state index in [9.17, 15) is 0 Å². The molecule has 0 saturated heterocycles. The molecule has 0 fully saturated rings. The largest absolute Gasteiger partial charge is 0.388 e. The van der Waals surface area contributed by atoms with Crippen LogP contribution in [0.5, 0.6) is 0 Å². The van der Waals surface area contributed by atoms with Crippen molar-refractivity contribution in [3.8, 4) is 0 Å². The lowest BCUT2D eigenvalue weighted by molar-refractivity contribution is 1.35. The molecule has 0 amide bonds. The second kappa shape index (κ2) is 5.38. The number of rotatable bonds is 4. The molecule has 0 aliphatic rings. The Morgan fingerprint density at radius 2 is 1.60 bits per heavy atom. The number of benzene rings is 1. The predicted molar refractivity (Wildman–Crippen MR) is 71.1 cm³/mol. The van der Waals surface area contributed by atoms with Gasteiger partial charge in [0, 0.05) is 0 Å². The van der Waals surface area contributed by atoms with Crippen molar-refractivity contribution in [1.82, 2.24) is 0 Å². The SMILES string of the molecule is NC(=S)C(=NNc1ccccc1)C(N)=S. The molecule has 0 spiro atoms.